The molecule has 2 rings (SSSR count). The van der Waals surface area contributed by atoms with Crippen LogP contribution in [0.15, 0.2) is 0 Å². The summed E-state index contributed by atoms with van der Waals surface area (Å²) >= 11 is 0. The van der Waals surface area contributed by atoms with Gasteiger partial charge in [-0.25, -0.2) is 0 Å². The standard InChI is InChI=1S/C19H37N3O.2ClH/c1-15-7-6-10-22(13-15)19(3,4)14-21-18(23)11-16(2)17-8-5-9-20-12-17;;/h15-17,20H,5-14H2,1-4H3,(H,21,23);2*1H. The van der Waals surface area contributed by atoms with Gasteiger partial charge in [0.05, 0.1) is 0 Å². The number of carbonyl (C=O) groups is 1. The minimum atomic E-state index is 0. The van der Waals surface area contributed by atoms with Gasteiger partial charge < -0.3 is 10.6 Å². The molecule has 0 saturated carbocycles. The summed E-state index contributed by atoms with van der Waals surface area (Å²) < 4.78 is 0. The number of hydrogen-bond donors (Lipinski definition) is 2. The van der Waals surface area contributed by atoms with Gasteiger partial charge in [-0.05, 0) is 76.9 Å². The summed E-state index contributed by atoms with van der Waals surface area (Å²) in [6, 6.07) is 0. The zero-order valence-corrected chi connectivity index (χ0v) is 18.1. The molecule has 2 fully saturated rings. The summed E-state index contributed by atoms with van der Waals surface area (Å²) in [5.74, 6) is 2.13. The maximum atomic E-state index is 12.3. The SMILES string of the molecule is CC1CCCN(C(C)(C)CNC(=O)CC(C)C2CCCNC2)C1.Cl.Cl. The number of likely N-dealkylation sites (tertiary alicyclic amines) is 1. The van der Waals surface area contributed by atoms with Crippen LogP contribution in [0, 0.1) is 17.8 Å². The molecule has 2 aliphatic heterocycles. The van der Waals surface area contributed by atoms with E-state index in [0.717, 1.165) is 38.6 Å². The quantitative estimate of drug-likeness (QED) is 0.723. The molecule has 150 valence electrons. The molecule has 2 N–H and O–H groups in total. The first-order valence-corrected chi connectivity index (χ1v) is 9.61. The van der Waals surface area contributed by atoms with Gasteiger partial charge in [-0.15, -0.1) is 24.8 Å². The topological polar surface area (TPSA) is 44.4 Å². The van der Waals surface area contributed by atoms with Crippen LogP contribution in [0.5, 0.6) is 0 Å². The first-order valence-electron chi connectivity index (χ1n) is 9.61. The fraction of sp³-hybridized carbons (Fsp3) is 0.947. The van der Waals surface area contributed by atoms with E-state index in [4.69, 9.17) is 0 Å². The number of amides is 1. The minimum absolute atomic E-state index is 0. The molecule has 0 bridgehead atoms. The second-order valence-electron chi connectivity index (χ2n) is 8.57. The van der Waals surface area contributed by atoms with E-state index in [1.807, 2.05) is 0 Å². The Morgan fingerprint density at radius 1 is 1.28 bits per heavy atom. The molecular formula is C19H39Cl2N3O. The fourth-order valence-corrected chi connectivity index (χ4v) is 4.06. The molecule has 0 radical (unpaired) electrons. The normalized spacial score (nSPS) is 26.1. The average Bonchev–Trinajstić information content (AvgIpc) is 2.54. The summed E-state index contributed by atoms with van der Waals surface area (Å²) in [4.78, 5) is 14.9. The highest BCUT2D eigenvalue weighted by atomic mass is 35.5. The van der Waals surface area contributed by atoms with E-state index >= 15 is 0 Å². The van der Waals surface area contributed by atoms with Crippen LogP contribution in [0.1, 0.15) is 59.8 Å². The number of piperidine rings is 2. The number of nitrogens with zero attached hydrogens (tertiary/aromatic N) is 1. The molecule has 3 unspecified atom stereocenters. The minimum Gasteiger partial charge on any atom is -0.354 e. The average molecular weight is 396 g/mol. The molecule has 0 aromatic heterocycles. The van der Waals surface area contributed by atoms with Gasteiger partial charge in [0, 0.05) is 25.0 Å². The van der Waals surface area contributed by atoms with E-state index in [-0.39, 0.29) is 36.3 Å². The summed E-state index contributed by atoms with van der Waals surface area (Å²) in [6.45, 7) is 14.4. The van der Waals surface area contributed by atoms with Gasteiger partial charge >= 0.3 is 0 Å². The van der Waals surface area contributed by atoms with Crippen molar-refractivity contribution in [3.8, 4) is 0 Å². The van der Waals surface area contributed by atoms with Crippen LogP contribution in [-0.2, 0) is 4.79 Å². The highest BCUT2D eigenvalue weighted by Crippen LogP contribution is 2.24. The van der Waals surface area contributed by atoms with Crippen LogP contribution in [0.25, 0.3) is 0 Å². The summed E-state index contributed by atoms with van der Waals surface area (Å²) in [5, 5.41) is 6.66. The Hall–Kier alpha value is -0.0300. The first-order chi connectivity index (χ1) is 10.9. The van der Waals surface area contributed by atoms with Gasteiger partial charge in [-0.2, -0.15) is 0 Å². The van der Waals surface area contributed by atoms with E-state index in [1.54, 1.807) is 0 Å². The molecule has 25 heavy (non-hydrogen) atoms. The van der Waals surface area contributed by atoms with Crippen LogP contribution >= 0.6 is 24.8 Å². The van der Waals surface area contributed by atoms with E-state index in [1.165, 1.54) is 25.7 Å². The van der Waals surface area contributed by atoms with Crippen molar-refractivity contribution in [1.29, 1.82) is 0 Å². The summed E-state index contributed by atoms with van der Waals surface area (Å²) in [7, 11) is 0. The molecular weight excluding hydrogens is 357 g/mol. The number of carbonyl (C=O) groups excluding carboxylic acids is 1. The highest BCUT2D eigenvalue weighted by Gasteiger charge is 2.30. The summed E-state index contributed by atoms with van der Waals surface area (Å²) in [5.41, 5.74) is 0.0555. The zero-order chi connectivity index (χ0) is 16.9. The van der Waals surface area contributed by atoms with Crippen molar-refractivity contribution in [2.75, 3.05) is 32.7 Å². The number of halogens is 2. The van der Waals surface area contributed by atoms with Gasteiger partial charge in [-0.3, -0.25) is 9.69 Å². The number of rotatable bonds is 6. The van der Waals surface area contributed by atoms with Crippen LogP contribution in [0.4, 0.5) is 0 Å². The molecule has 2 saturated heterocycles. The molecule has 0 aromatic rings. The molecule has 0 aromatic carbocycles. The van der Waals surface area contributed by atoms with E-state index in [0.29, 0.717) is 18.3 Å². The third-order valence-electron chi connectivity index (χ3n) is 5.88. The molecule has 0 spiro atoms. The van der Waals surface area contributed by atoms with Gasteiger partial charge in [0.15, 0.2) is 0 Å². The monoisotopic (exact) mass is 395 g/mol. The van der Waals surface area contributed by atoms with Crippen LogP contribution in [-0.4, -0.2) is 49.1 Å². The van der Waals surface area contributed by atoms with E-state index in [2.05, 4.69) is 43.2 Å². The smallest absolute Gasteiger partial charge is 0.220 e. The molecule has 2 heterocycles. The Morgan fingerprint density at radius 2 is 2.00 bits per heavy atom. The lowest BCUT2D eigenvalue weighted by atomic mass is 9.85. The number of nitrogens with one attached hydrogen (secondary N) is 2. The predicted molar refractivity (Wildman–Crippen MR) is 111 cm³/mol. The molecule has 2 aliphatic rings. The van der Waals surface area contributed by atoms with E-state index in [9.17, 15) is 4.79 Å². The van der Waals surface area contributed by atoms with Gasteiger partial charge in [0.25, 0.3) is 0 Å². The Labute approximate surface area is 167 Å². The number of hydrogen-bond acceptors (Lipinski definition) is 3. The van der Waals surface area contributed by atoms with Crippen LogP contribution in [0.3, 0.4) is 0 Å². The first kappa shape index (κ1) is 25.0. The third-order valence-corrected chi connectivity index (χ3v) is 5.88. The highest BCUT2D eigenvalue weighted by molar-refractivity contribution is 5.85. The second kappa shape index (κ2) is 11.6. The Bertz CT molecular complexity index is 387. The van der Waals surface area contributed by atoms with E-state index < -0.39 is 0 Å². The molecule has 1 amide bonds. The zero-order valence-electron chi connectivity index (χ0n) is 16.5. The lowest BCUT2D eigenvalue weighted by molar-refractivity contribution is -0.123. The molecule has 3 atom stereocenters. The van der Waals surface area contributed by atoms with Crippen molar-refractivity contribution in [3.05, 3.63) is 0 Å². The molecule has 4 nitrogen and oxygen atoms in total. The Morgan fingerprint density at radius 3 is 2.60 bits per heavy atom. The lowest BCUT2D eigenvalue weighted by Crippen LogP contribution is -2.54. The fourth-order valence-electron chi connectivity index (χ4n) is 4.06. The molecule has 0 aliphatic carbocycles. The predicted octanol–water partition coefficient (Wildman–Crippen LogP) is 3.48. The van der Waals surface area contributed by atoms with Crippen molar-refractivity contribution in [3.63, 3.8) is 0 Å². The van der Waals surface area contributed by atoms with Gasteiger partial charge in [0.2, 0.25) is 5.91 Å². The van der Waals surface area contributed by atoms with Crippen LogP contribution in [0.2, 0.25) is 0 Å². The van der Waals surface area contributed by atoms with Crippen molar-refractivity contribution >= 4 is 30.7 Å². The van der Waals surface area contributed by atoms with Crippen LogP contribution < -0.4 is 10.6 Å². The second-order valence-corrected chi connectivity index (χ2v) is 8.57. The Balaban J connectivity index is 0.00000288. The maximum absolute atomic E-state index is 12.3. The largest absolute Gasteiger partial charge is 0.354 e. The maximum Gasteiger partial charge on any atom is 0.220 e. The van der Waals surface area contributed by atoms with Crippen molar-refractivity contribution in [2.24, 2.45) is 17.8 Å². The van der Waals surface area contributed by atoms with Crippen molar-refractivity contribution < 1.29 is 4.79 Å². The third kappa shape index (κ3) is 8.03. The van der Waals surface area contributed by atoms with Gasteiger partial charge in [0.1, 0.15) is 0 Å². The Kier molecular flexibility index (Phi) is 11.6. The molecule has 6 heteroatoms. The lowest BCUT2D eigenvalue weighted by Gasteiger charge is -2.43. The van der Waals surface area contributed by atoms with Crippen molar-refractivity contribution in [2.45, 2.75) is 65.3 Å². The van der Waals surface area contributed by atoms with Gasteiger partial charge in [-0.1, -0.05) is 13.8 Å². The van der Waals surface area contributed by atoms with Crippen molar-refractivity contribution in [1.82, 2.24) is 15.5 Å². The summed E-state index contributed by atoms with van der Waals surface area (Å²) in [6.07, 6.45) is 5.80.